The molecule has 1 N–H and O–H groups in total. The first-order valence-electron chi connectivity index (χ1n) is 6.90. The van der Waals surface area contributed by atoms with E-state index in [0.717, 1.165) is 5.56 Å². The van der Waals surface area contributed by atoms with Crippen molar-refractivity contribution in [3.63, 3.8) is 0 Å². The fourth-order valence-electron chi connectivity index (χ4n) is 2.09. The highest BCUT2D eigenvalue weighted by Gasteiger charge is 2.13. The van der Waals surface area contributed by atoms with Gasteiger partial charge in [-0.15, -0.1) is 0 Å². The first-order valence-corrected chi connectivity index (χ1v) is 6.90. The Labute approximate surface area is 123 Å². The van der Waals surface area contributed by atoms with Crippen molar-refractivity contribution >= 4 is 5.91 Å². The lowest BCUT2D eigenvalue weighted by Gasteiger charge is -2.14. The molecule has 0 spiro atoms. The van der Waals surface area contributed by atoms with E-state index in [4.69, 9.17) is 0 Å². The maximum atomic E-state index is 12.2. The van der Waals surface area contributed by atoms with Crippen molar-refractivity contribution in [3.8, 4) is 11.4 Å². The second-order valence-corrected chi connectivity index (χ2v) is 5.23. The average molecular weight is 285 g/mol. The normalized spacial score (nSPS) is 10.7. The summed E-state index contributed by atoms with van der Waals surface area (Å²) in [6.45, 7) is 5.50. The van der Waals surface area contributed by atoms with Crippen LogP contribution in [0.25, 0.3) is 11.4 Å². The molecule has 0 unspecified atom stereocenters. The molecular formula is C16H19N3O2. The molecule has 0 radical (unpaired) electrons. The number of carbonyl (C=O) groups is 1. The first kappa shape index (κ1) is 15.0. The molecule has 0 saturated carbocycles. The van der Waals surface area contributed by atoms with Crippen LogP contribution in [0.2, 0.25) is 0 Å². The van der Waals surface area contributed by atoms with Gasteiger partial charge in [0.15, 0.2) is 0 Å². The fourth-order valence-corrected chi connectivity index (χ4v) is 2.09. The van der Waals surface area contributed by atoms with Gasteiger partial charge in [-0.2, -0.15) is 0 Å². The fraction of sp³-hybridized carbons (Fsp3) is 0.312. The molecule has 1 amide bonds. The van der Waals surface area contributed by atoms with E-state index in [2.05, 4.69) is 10.3 Å². The zero-order valence-electron chi connectivity index (χ0n) is 12.5. The van der Waals surface area contributed by atoms with Gasteiger partial charge in [0.25, 0.3) is 5.56 Å². The highest BCUT2D eigenvalue weighted by molar-refractivity contribution is 5.76. The molecule has 0 saturated heterocycles. The second kappa shape index (κ2) is 6.35. The molecule has 1 aromatic heterocycles. The lowest BCUT2D eigenvalue weighted by molar-refractivity contribution is -0.122. The lowest BCUT2D eigenvalue weighted by atomic mass is 10.2. The van der Waals surface area contributed by atoms with Crippen molar-refractivity contribution in [2.24, 2.45) is 0 Å². The number of aryl methyl sites for hydroxylation is 1. The maximum absolute atomic E-state index is 12.2. The van der Waals surface area contributed by atoms with Crippen LogP contribution >= 0.6 is 0 Å². The molecule has 0 bridgehead atoms. The van der Waals surface area contributed by atoms with Crippen molar-refractivity contribution in [1.82, 2.24) is 14.9 Å². The number of rotatable bonds is 4. The van der Waals surface area contributed by atoms with E-state index in [1.807, 2.05) is 44.2 Å². The summed E-state index contributed by atoms with van der Waals surface area (Å²) < 4.78 is 1.40. The Balaban J connectivity index is 2.45. The summed E-state index contributed by atoms with van der Waals surface area (Å²) in [4.78, 5) is 28.6. The third kappa shape index (κ3) is 3.78. The monoisotopic (exact) mass is 285 g/mol. The Kier molecular flexibility index (Phi) is 4.52. The third-order valence-corrected chi connectivity index (χ3v) is 2.92. The summed E-state index contributed by atoms with van der Waals surface area (Å²) in [5.41, 5.74) is 1.23. The molecule has 2 rings (SSSR count). The van der Waals surface area contributed by atoms with Gasteiger partial charge in [-0.05, 0) is 20.8 Å². The van der Waals surface area contributed by atoms with Gasteiger partial charge in [0.2, 0.25) is 5.91 Å². The predicted octanol–water partition coefficient (Wildman–Crippen LogP) is 1.74. The van der Waals surface area contributed by atoms with Gasteiger partial charge in [-0.3, -0.25) is 14.2 Å². The van der Waals surface area contributed by atoms with E-state index in [0.29, 0.717) is 11.5 Å². The number of carbonyl (C=O) groups excluding carboxylic acids is 1. The van der Waals surface area contributed by atoms with Crippen LogP contribution in [0, 0.1) is 6.92 Å². The van der Waals surface area contributed by atoms with E-state index in [-0.39, 0.29) is 24.1 Å². The van der Waals surface area contributed by atoms with Gasteiger partial charge >= 0.3 is 0 Å². The number of aromatic nitrogens is 2. The minimum Gasteiger partial charge on any atom is -0.352 e. The molecule has 1 heterocycles. The summed E-state index contributed by atoms with van der Waals surface area (Å²) >= 11 is 0. The Bertz CT molecular complexity index is 690. The van der Waals surface area contributed by atoms with Gasteiger partial charge in [-0.1, -0.05) is 30.3 Å². The van der Waals surface area contributed by atoms with Gasteiger partial charge < -0.3 is 5.32 Å². The lowest BCUT2D eigenvalue weighted by Crippen LogP contribution is -2.36. The molecular weight excluding hydrogens is 266 g/mol. The molecule has 110 valence electrons. The Morgan fingerprint density at radius 2 is 1.95 bits per heavy atom. The van der Waals surface area contributed by atoms with Crippen LogP contribution in [-0.4, -0.2) is 21.5 Å². The minimum absolute atomic E-state index is 0.0332. The third-order valence-electron chi connectivity index (χ3n) is 2.92. The quantitative estimate of drug-likeness (QED) is 0.930. The van der Waals surface area contributed by atoms with Crippen molar-refractivity contribution in [2.45, 2.75) is 33.4 Å². The zero-order chi connectivity index (χ0) is 15.4. The van der Waals surface area contributed by atoms with Crippen LogP contribution in [-0.2, 0) is 11.3 Å². The Morgan fingerprint density at radius 3 is 2.57 bits per heavy atom. The zero-order valence-corrected chi connectivity index (χ0v) is 12.5. The summed E-state index contributed by atoms with van der Waals surface area (Å²) in [5, 5.41) is 2.79. The molecule has 21 heavy (non-hydrogen) atoms. The van der Waals surface area contributed by atoms with Crippen LogP contribution in [0.3, 0.4) is 0 Å². The minimum atomic E-state index is -0.222. The van der Waals surface area contributed by atoms with Gasteiger partial charge in [0.05, 0.1) is 0 Å². The van der Waals surface area contributed by atoms with Crippen LogP contribution in [0.1, 0.15) is 19.5 Å². The van der Waals surface area contributed by atoms with Gasteiger partial charge in [0.1, 0.15) is 12.4 Å². The summed E-state index contributed by atoms with van der Waals surface area (Å²) in [6.07, 6.45) is 0. The number of nitrogens with zero attached hydrogens (tertiary/aromatic N) is 2. The first-order chi connectivity index (χ1) is 9.97. The molecule has 2 aromatic rings. The molecule has 0 aliphatic carbocycles. The summed E-state index contributed by atoms with van der Waals surface area (Å²) in [5.74, 6) is 0.314. The highest BCUT2D eigenvalue weighted by Crippen LogP contribution is 2.15. The van der Waals surface area contributed by atoms with E-state index < -0.39 is 0 Å². The number of benzene rings is 1. The molecule has 5 nitrogen and oxygen atoms in total. The topological polar surface area (TPSA) is 64.0 Å². The standard InChI is InChI=1S/C16H19N3O2/c1-11(2)17-14(20)10-19-15(21)9-12(3)18-16(19)13-7-5-4-6-8-13/h4-9,11H,10H2,1-3H3,(H,17,20). The number of nitrogens with one attached hydrogen (secondary N) is 1. The van der Waals surface area contributed by atoms with E-state index in [1.54, 1.807) is 6.92 Å². The van der Waals surface area contributed by atoms with E-state index in [1.165, 1.54) is 10.6 Å². The molecule has 0 aliphatic rings. The van der Waals surface area contributed by atoms with Crippen LogP contribution in [0.15, 0.2) is 41.2 Å². The number of hydrogen-bond donors (Lipinski definition) is 1. The van der Waals surface area contributed by atoms with Crippen molar-refractivity contribution in [3.05, 3.63) is 52.4 Å². The summed E-state index contributed by atoms with van der Waals surface area (Å²) in [6, 6.07) is 10.9. The van der Waals surface area contributed by atoms with Crippen LogP contribution in [0.4, 0.5) is 0 Å². The molecule has 0 atom stereocenters. The average Bonchev–Trinajstić information content (AvgIpc) is 2.41. The maximum Gasteiger partial charge on any atom is 0.254 e. The van der Waals surface area contributed by atoms with Crippen LogP contribution in [0.5, 0.6) is 0 Å². The van der Waals surface area contributed by atoms with Crippen molar-refractivity contribution in [1.29, 1.82) is 0 Å². The molecule has 5 heteroatoms. The second-order valence-electron chi connectivity index (χ2n) is 5.23. The largest absolute Gasteiger partial charge is 0.352 e. The van der Waals surface area contributed by atoms with Crippen molar-refractivity contribution < 1.29 is 4.79 Å². The summed E-state index contributed by atoms with van der Waals surface area (Å²) in [7, 11) is 0. The van der Waals surface area contributed by atoms with Crippen LogP contribution < -0.4 is 10.9 Å². The highest BCUT2D eigenvalue weighted by atomic mass is 16.2. The van der Waals surface area contributed by atoms with E-state index >= 15 is 0 Å². The Hall–Kier alpha value is -2.43. The molecule has 1 aromatic carbocycles. The van der Waals surface area contributed by atoms with E-state index in [9.17, 15) is 9.59 Å². The van der Waals surface area contributed by atoms with Crippen molar-refractivity contribution in [2.75, 3.05) is 0 Å². The molecule has 0 aliphatic heterocycles. The SMILES string of the molecule is Cc1cc(=O)n(CC(=O)NC(C)C)c(-c2ccccc2)n1. The number of amides is 1. The smallest absolute Gasteiger partial charge is 0.254 e. The predicted molar refractivity (Wildman–Crippen MR) is 81.9 cm³/mol. The molecule has 0 fully saturated rings. The Morgan fingerprint density at radius 1 is 1.29 bits per heavy atom. The van der Waals surface area contributed by atoms with Gasteiger partial charge in [0, 0.05) is 23.4 Å². The number of hydrogen-bond acceptors (Lipinski definition) is 3. The van der Waals surface area contributed by atoms with Gasteiger partial charge in [-0.25, -0.2) is 4.98 Å².